The first-order chi connectivity index (χ1) is 12.6. The zero-order chi connectivity index (χ0) is 18.5. The second-order valence-electron chi connectivity index (χ2n) is 6.29. The fraction of sp³-hybridized carbons (Fsp3) is 0.238. The standard InChI is InChI=1S/C21H23N3OS/c1-16(20(25)23(2)15-17-10-6-4-7-11-17)26-21-22-14-19(24(21)3)18-12-8-5-9-13-18/h4-14,16H,15H2,1-3H3. The molecule has 1 unspecified atom stereocenters. The average Bonchev–Trinajstić information content (AvgIpc) is 3.03. The molecule has 1 aromatic heterocycles. The van der Waals surface area contributed by atoms with Gasteiger partial charge in [0.05, 0.1) is 17.1 Å². The van der Waals surface area contributed by atoms with E-state index in [1.807, 2.05) is 80.3 Å². The Morgan fingerprint density at radius 1 is 1.12 bits per heavy atom. The maximum Gasteiger partial charge on any atom is 0.235 e. The van der Waals surface area contributed by atoms with Crippen molar-refractivity contribution in [1.29, 1.82) is 0 Å². The van der Waals surface area contributed by atoms with Crippen LogP contribution in [0.5, 0.6) is 0 Å². The predicted octanol–water partition coefficient (Wildman–Crippen LogP) is 4.23. The van der Waals surface area contributed by atoms with Gasteiger partial charge in [-0.15, -0.1) is 0 Å². The molecule has 0 aliphatic heterocycles. The molecule has 4 nitrogen and oxygen atoms in total. The summed E-state index contributed by atoms with van der Waals surface area (Å²) >= 11 is 1.49. The minimum Gasteiger partial charge on any atom is -0.340 e. The van der Waals surface area contributed by atoms with E-state index >= 15 is 0 Å². The van der Waals surface area contributed by atoms with Crippen LogP contribution in [0.1, 0.15) is 12.5 Å². The van der Waals surface area contributed by atoms with E-state index in [2.05, 4.69) is 17.1 Å². The summed E-state index contributed by atoms with van der Waals surface area (Å²) in [6.07, 6.45) is 1.86. The van der Waals surface area contributed by atoms with E-state index in [1.54, 1.807) is 4.90 Å². The van der Waals surface area contributed by atoms with Gasteiger partial charge in [0, 0.05) is 20.6 Å². The molecule has 0 aliphatic carbocycles. The lowest BCUT2D eigenvalue weighted by Crippen LogP contribution is -2.32. The lowest BCUT2D eigenvalue weighted by atomic mass is 10.2. The van der Waals surface area contributed by atoms with Crippen LogP contribution in [-0.4, -0.2) is 32.7 Å². The molecule has 134 valence electrons. The van der Waals surface area contributed by atoms with Gasteiger partial charge in [-0.3, -0.25) is 4.79 Å². The first-order valence-electron chi connectivity index (χ1n) is 8.59. The molecule has 1 amide bonds. The van der Waals surface area contributed by atoms with E-state index in [-0.39, 0.29) is 11.2 Å². The summed E-state index contributed by atoms with van der Waals surface area (Å²) in [5.74, 6) is 0.100. The van der Waals surface area contributed by atoms with Crippen molar-refractivity contribution in [3.8, 4) is 11.3 Å². The van der Waals surface area contributed by atoms with E-state index in [9.17, 15) is 4.79 Å². The summed E-state index contributed by atoms with van der Waals surface area (Å²) < 4.78 is 2.04. The molecule has 0 aliphatic rings. The fourth-order valence-electron chi connectivity index (χ4n) is 2.83. The summed E-state index contributed by atoms with van der Waals surface area (Å²) in [6, 6.07) is 20.2. The third-order valence-corrected chi connectivity index (χ3v) is 5.43. The summed E-state index contributed by atoms with van der Waals surface area (Å²) in [7, 11) is 3.84. The molecular formula is C21H23N3OS. The molecule has 0 fully saturated rings. The molecule has 1 atom stereocenters. The van der Waals surface area contributed by atoms with Gasteiger partial charge >= 0.3 is 0 Å². The number of imidazole rings is 1. The number of benzene rings is 2. The van der Waals surface area contributed by atoms with Crippen molar-refractivity contribution in [2.24, 2.45) is 7.05 Å². The SMILES string of the molecule is CC(Sc1ncc(-c2ccccc2)n1C)C(=O)N(C)Cc1ccccc1. The largest absolute Gasteiger partial charge is 0.340 e. The Hall–Kier alpha value is -2.53. The normalized spacial score (nSPS) is 12.0. The molecule has 0 bridgehead atoms. The van der Waals surface area contributed by atoms with Gasteiger partial charge in [0.1, 0.15) is 0 Å². The fourth-order valence-corrected chi connectivity index (χ4v) is 3.80. The van der Waals surface area contributed by atoms with Crippen molar-refractivity contribution >= 4 is 17.7 Å². The molecule has 0 saturated carbocycles. The number of aromatic nitrogens is 2. The zero-order valence-corrected chi connectivity index (χ0v) is 16.1. The molecule has 5 heteroatoms. The number of carbonyl (C=O) groups excluding carboxylic acids is 1. The summed E-state index contributed by atoms with van der Waals surface area (Å²) in [5, 5.41) is 0.645. The number of rotatable bonds is 6. The second-order valence-corrected chi connectivity index (χ2v) is 7.60. The van der Waals surface area contributed by atoms with Crippen molar-refractivity contribution in [1.82, 2.24) is 14.5 Å². The molecule has 1 heterocycles. The first-order valence-corrected chi connectivity index (χ1v) is 9.47. The molecule has 0 N–H and O–H groups in total. The topological polar surface area (TPSA) is 38.1 Å². The summed E-state index contributed by atoms with van der Waals surface area (Å²) in [6.45, 7) is 2.55. The van der Waals surface area contributed by atoms with Crippen LogP contribution in [0.25, 0.3) is 11.3 Å². The zero-order valence-electron chi connectivity index (χ0n) is 15.3. The van der Waals surface area contributed by atoms with Gasteiger partial charge in [-0.25, -0.2) is 4.98 Å². The molecular weight excluding hydrogens is 342 g/mol. The van der Waals surface area contributed by atoms with Gasteiger partial charge < -0.3 is 9.47 Å². The first kappa shape index (κ1) is 18.3. The van der Waals surface area contributed by atoms with Crippen LogP contribution in [0, 0.1) is 0 Å². The number of amides is 1. The average molecular weight is 366 g/mol. The van der Waals surface area contributed by atoms with Gasteiger partial charge in [0.2, 0.25) is 5.91 Å². The van der Waals surface area contributed by atoms with E-state index in [0.29, 0.717) is 6.54 Å². The Morgan fingerprint density at radius 3 is 2.38 bits per heavy atom. The molecule has 2 aromatic carbocycles. The van der Waals surface area contributed by atoms with Gasteiger partial charge in [0.25, 0.3) is 0 Å². The van der Waals surface area contributed by atoms with Crippen LogP contribution in [0.3, 0.4) is 0 Å². The third kappa shape index (κ3) is 4.17. The molecule has 26 heavy (non-hydrogen) atoms. The highest BCUT2D eigenvalue weighted by Crippen LogP contribution is 2.28. The van der Waals surface area contributed by atoms with E-state index < -0.39 is 0 Å². The molecule has 3 aromatic rings. The lowest BCUT2D eigenvalue weighted by molar-refractivity contribution is -0.129. The van der Waals surface area contributed by atoms with Crippen LogP contribution < -0.4 is 0 Å². The highest BCUT2D eigenvalue weighted by Gasteiger charge is 2.21. The van der Waals surface area contributed by atoms with Crippen molar-refractivity contribution in [3.63, 3.8) is 0 Å². The molecule has 0 radical (unpaired) electrons. The maximum absolute atomic E-state index is 12.7. The monoisotopic (exact) mass is 365 g/mol. The minimum absolute atomic E-state index is 0.100. The highest BCUT2D eigenvalue weighted by atomic mass is 32.2. The van der Waals surface area contributed by atoms with Crippen LogP contribution in [-0.2, 0) is 18.4 Å². The number of thioether (sulfide) groups is 1. The predicted molar refractivity (Wildman–Crippen MR) is 107 cm³/mol. The second kappa shape index (κ2) is 8.23. The number of carbonyl (C=O) groups is 1. The van der Waals surface area contributed by atoms with E-state index in [0.717, 1.165) is 22.0 Å². The Balaban J connectivity index is 1.67. The molecule has 0 saturated heterocycles. The Morgan fingerprint density at radius 2 is 1.73 bits per heavy atom. The Bertz CT molecular complexity index is 861. The van der Waals surface area contributed by atoms with Crippen molar-refractivity contribution in [2.45, 2.75) is 23.9 Å². The van der Waals surface area contributed by atoms with Crippen LogP contribution >= 0.6 is 11.8 Å². The third-order valence-electron chi connectivity index (χ3n) is 4.28. The quantitative estimate of drug-likeness (QED) is 0.614. The van der Waals surface area contributed by atoms with Gasteiger partial charge in [-0.1, -0.05) is 72.4 Å². The van der Waals surface area contributed by atoms with Crippen molar-refractivity contribution in [3.05, 3.63) is 72.4 Å². The van der Waals surface area contributed by atoms with Gasteiger partial charge in [-0.05, 0) is 18.1 Å². The smallest absolute Gasteiger partial charge is 0.235 e. The number of hydrogen-bond donors (Lipinski definition) is 0. The van der Waals surface area contributed by atoms with Crippen molar-refractivity contribution < 1.29 is 4.79 Å². The minimum atomic E-state index is -0.201. The Kier molecular flexibility index (Phi) is 5.78. The summed E-state index contributed by atoms with van der Waals surface area (Å²) in [5.41, 5.74) is 3.30. The summed E-state index contributed by atoms with van der Waals surface area (Å²) in [4.78, 5) is 19.0. The number of nitrogens with zero attached hydrogens (tertiary/aromatic N) is 3. The molecule has 0 spiro atoms. The maximum atomic E-state index is 12.7. The van der Waals surface area contributed by atoms with E-state index in [1.165, 1.54) is 11.8 Å². The van der Waals surface area contributed by atoms with Crippen molar-refractivity contribution in [2.75, 3.05) is 7.05 Å². The number of hydrogen-bond acceptors (Lipinski definition) is 3. The highest BCUT2D eigenvalue weighted by molar-refractivity contribution is 8.00. The van der Waals surface area contributed by atoms with E-state index in [4.69, 9.17) is 0 Å². The Labute approximate surface area is 158 Å². The van der Waals surface area contributed by atoms with Gasteiger partial charge in [0.15, 0.2) is 5.16 Å². The van der Waals surface area contributed by atoms with Gasteiger partial charge in [-0.2, -0.15) is 0 Å². The van der Waals surface area contributed by atoms with Crippen LogP contribution in [0.2, 0.25) is 0 Å². The van der Waals surface area contributed by atoms with Crippen LogP contribution in [0.4, 0.5) is 0 Å². The molecule has 3 rings (SSSR count). The lowest BCUT2D eigenvalue weighted by Gasteiger charge is -2.21. The van der Waals surface area contributed by atoms with Crippen LogP contribution in [0.15, 0.2) is 72.0 Å².